The highest BCUT2D eigenvalue weighted by atomic mass is 19.4. The minimum Gasteiger partial charge on any atom is -0.489 e. The Labute approximate surface area is 193 Å². The first kappa shape index (κ1) is 26.5. The van der Waals surface area contributed by atoms with Crippen LogP contribution in [0.1, 0.15) is 11.1 Å². The molecule has 12 heteroatoms. The van der Waals surface area contributed by atoms with Crippen LogP contribution < -0.4 is 20.7 Å². The van der Waals surface area contributed by atoms with E-state index in [1.165, 1.54) is 7.11 Å². The van der Waals surface area contributed by atoms with Crippen LogP contribution in [-0.4, -0.2) is 51.4 Å². The number of urea groups is 1. The molecule has 9 nitrogen and oxygen atoms in total. The molecule has 0 aromatic heterocycles. The minimum absolute atomic E-state index is 0.0125. The molecular formula is C22H24F3N3O6. The van der Waals surface area contributed by atoms with Crippen molar-refractivity contribution < 1.29 is 41.8 Å². The van der Waals surface area contributed by atoms with Crippen molar-refractivity contribution in [2.45, 2.75) is 12.7 Å². The van der Waals surface area contributed by atoms with Crippen LogP contribution in [0.15, 0.2) is 48.5 Å². The van der Waals surface area contributed by atoms with Crippen LogP contribution in [0.5, 0.6) is 5.75 Å². The van der Waals surface area contributed by atoms with Crippen LogP contribution in [0.2, 0.25) is 0 Å². The number of halogens is 3. The Morgan fingerprint density at radius 2 is 1.71 bits per heavy atom. The lowest BCUT2D eigenvalue weighted by atomic mass is 10.1. The first-order valence-corrected chi connectivity index (χ1v) is 10.0. The second-order valence-corrected chi connectivity index (χ2v) is 6.78. The maximum Gasteiger partial charge on any atom is 0.416 e. The number of benzene rings is 2. The molecule has 2 aromatic carbocycles. The van der Waals surface area contributed by atoms with Crippen molar-refractivity contribution in [2.24, 2.45) is 0 Å². The maximum absolute atomic E-state index is 13.0. The van der Waals surface area contributed by atoms with Gasteiger partial charge in [0.15, 0.2) is 6.61 Å². The Morgan fingerprint density at radius 3 is 2.38 bits per heavy atom. The molecule has 0 unspecified atom stereocenters. The lowest BCUT2D eigenvalue weighted by Gasteiger charge is -2.15. The van der Waals surface area contributed by atoms with Crippen molar-refractivity contribution in [1.82, 2.24) is 10.6 Å². The van der Waals surface area contributed by atoms with Gasteiger partial charge in [0, 0.05) is 13.7 Å². The Morgan fingerprint density at radius 1 is 0.971 bits per heavy atom. The van der Waals surface area contributed by atoms with Crippen LogP contribution in [-0.2, 0) is 31.8 Å². The predicted octanol–water partition coefficient (Wildman–Crippen LogP) is 2.71. The highest BCUT2D eigenvalue weighted by molar-refractivity contribution is 5.94. The summed E-state index contributed by atoms with van der Waals surface area (Å²) in [7, 11) is 1.43. The van der Waals surface area contributed by atoms with Gasteiger partial charge in [-0.2, -0.15) is 13.2 Å². The normalized spacial score (nSPS) is 10.8. The van der Waals surface area contributed by atoms with E-state index < -0.39 is 42.8 Å². The Kier molecular flexibility index (Phi) is 10.1. The monoisotopic (exact) mass is 483 g/mol. The molecule has 184 valence electrons. The molecule has 34 heavy (non-hydrogen) atoms. The third-order valence-electron chi connectivity index (χ3n) is 4.18. The highest BCUT2D eigenvalue weighted by Gasteiger charge is 2.31. The number of methoxy groups -OCH3 is 1. The van der Waals surface area contributed by atoms with E-state index in [1.807, 2.05) is 30.3 Å². The molecule has 0 spiro atoms. The largest absolute Gasteiger partial charge is 0.489 e. The van der Waals surface area contributed by atoms with Gasteiger partial charge in [-0.15, -0.1) is 0 Å². The molecule has 0 fully saturated rings. The molecule has 0 heterocycles. The highest BCUT2D eigenvalue weighted by Crippen LogP contribution is 2.35. The van der Waals surface area contributed by atoms with Crippen molar-refractivity contribution >= 4 is 23.6 Å². The van der Waals surface area contributed by atoms with Crippen LogP contribution in [0.4, 0.5) is 23.7 Å². The fourth-order valence-corrected chi connectivity index (χ4v) is 2.54. The lowest BCUT2D eigenvalue weighted by Crippen LogP contribution is -2.39. The number of anilines is 1. The molecule has 0 aliphatic carbocycles. The van der Waals surface area contributed by atoms with Crippen LogP contribution in [0, 0.1) is 0 Å². The summed E-state index contributed by atoms with van der Waals surface area (Å²) >= 11 is 0. The number of esters is 1. The Hall–Kier alpha value is -3.80. The van der Waals surface area contributed by atoms with E-state index in [9.17, 15) is 27.6 Å². The average molecular weight is 483 g/mol. The molecule has 0 radical (unpaired) electrons. The first-order valence-electron chi connectivity index (χ1n) is 10.0. The van der Waals surface area contributed by atoms with Gasteiger partial charge >= 0.3 is 18.2 Å². The standard InChI is InChI=1S/C22H24F3N3O6/c1-32-9-10-33-18-8-7-16(22(23,24)25)11-17(18)28-19(29)14-34-20(30)13-27-21(31)26-12-15-5-3-2-4-6-15/h2-8,11H,9-10,12-14H2,1H3,(H,28,29)(H2,26,27,31). The van der Waals surface area contributed by atoms with E-state index >= 15 is 0 Å². The average Bonchev–Trinajstić information content (AvgIpc) is 2.81. The number of rotatable bonds is 11. The summed E-state index contributed by atoms with van der Waals surface area (Å²) < 4.78 is 53.9. The van der Waals surface area contributed by atoms with Crippen LogP contribution in [0.25, 0.3) is 0 Å². The number of amides is 3. The molecule has 0 atom stereocenters. The lowest BCUT2D eigenvalue weighted by molar-refractivity contribution is -0.146. The van der Waals surface area contributed by atoms with Gasteiger partial charge < -0.3 is 30.2 Å². The van der Waals surface area contributed by atoms with Gasteiger partial charge in [-0.25, -0.2) is 4.79 Å². The fraction of sp³-hybridized carbons (Fsp3) is 0.318. The SMILES string of the molecule is COCCOc1ccc(C(F)(F)F)cc1NC(=O)COC(=O)CNC(=O)NCc1ccccc1. The van der Waals surface area contributed by atoms with E-state index in [-0.39, 0.29) is 31.2 Å². The number of carbonyl (C=O) groups excluding carboxylic acids is 3. The third-order valence-corrected chi connectivity index (χ3v) is 4.18. The van der Waals surface area contributed by atoms with Gasteiger partial charge in [-0.1, -0.05) is 30.3 Å². The molecule has 0 aliphatic heterocycles. The summed E-state index contributed by atoms with van der Waals surface area (Å²) in [6.07, 6.45) is -4.64. The van der Waals surface area contributed by atoms with Crippen LogP contribution >= 0.6 is 0 Å². The molecule has 2 aromatic rings. The molecular weight excluding hydrogens is 459 g/mol. The van der Waals surface area contributed by atoms with Gasteiger partial charge in [-0.05, 0) is 23.8 Å². The third kappa shape index (κ3) is 9.36. The van der Waals surface area contributed by atoms with Gasteiger partial charge in [-0.3, -0.25) is 9.59 Å². The zero-order chi connectivity index (χ0) is 25.0. The summed E-state index contributed by atoms with van der Waals surface area (Å²) in [5.74, 6) is -1.81. The number of alkyl halides is 3. The number of ether oxygens (including phenoxy) is 3. The molecule has 0 saturated heterocycles. The van der Waals surface area contributed by atoms with Crippen molar-refractivity contribution in [3.05, 3.63) is 59.7 Å². The van der Waals surface area contributed by atoms with Gasteiger partial charge in [0.05, 0.1) is 17.9 Å². The van der Waals surface area contributed by atoms with E-state index in [0.29, 0.717) is 6.07 Å². The summed E-state index contributed by atoms with van der Waals surface area (Å²) in [6, 6.07) is 11.0. The second-order valence-electron chi connectivity index (χ2n) is 6.78. The van der Waals surface area contributed by atoms with E-state index in [2.05, 4.69) is 16.0 Å². The summed E-state index contributed by atoms with van der Waals surface area (Å²) in [6.45, 7) is -0.825. The van der Waals surface area contributed by atoms with Crippen molar-refractivity contribution in [3.8, 4) is 5.75 Å². The Balaban J connectivity index is 1.82. The maximum atomic E-state index is 13.0. The quantitative estimate of drug-likeness (QED) is 0.335. The zero-order valence-electron chi connectivity index (χ0n) is 18.2. The predicted molar refractivity (Wildman–Crippen MR) is 115 cm³/mol. The fourth-order valence-electron chi connectivity index (χ4n) is 2.54. The van der Waals surface area contributed by atoms with Crippen molar-refractivity contribution in [2.75, 3.05) is 38.8 Å². The molecule has 0 bridgehead atoms. The van der Waals surface area contributed by atoms with Gasteiger partial charge in [0.25, 0.3) is 5.91 Å². The van der Waals surface area contributed by atoms with E-state index in [4.69, 9.17) is 14.2 Å². The zero-order valence-corrected chi connectivity index (χ0v) is 18.2. The van der Waals surface area contributed by atoms with Gasteiger partial charge in [0.1, 0.15) is 18.9 Å². The molecule has 3 N–H and O–H groups in total. The summed E-state index contributed by atoms with van der Waals surface area (Å²) in [5.41, 5.74) is -0.382. The van der Waals surface area contributed by atoms with Crippen molar-refractivity contribution in [1.29, 1.82) is 0 Å². The van der Waals surface area contributed by atoms with Crippen LogP contribution in [0.3, 0.4) is 0 Å². The smallest absolute Gasteiger partial charge is 0.416 e. The van der Waals surface area contributed by atoms with E-state index in [0.717, 1.165) is 17.7 Å². The summed E-state index contributed by atoms with van der Waals surface area (Å²) in [4.78, 5) is 35.6. The molecule has 3 amide bonds. The number of hydrogen-bond acceptors (Lipinski definition) is 6. The van der Waals surface area contributed by atoms with E-state index in [1.54, 1.807) is 0 Å². The number of carbonyl (C=O) groups is 3. The number of hydrogen-bond donors (Lipinski definition) is 3. The second kappa shape index (κ2) is 13.0. The molecule has 0 saturated carbocycles. The Bertz CT molecular complexity index is 970. The minimum atomic E-state index is -4.64. The first-order chi connectivity index (χ1) is 16.2. The molecule has 0 aliphatic rings. The summed E-state index contributed by atoms with van der Waals surface area (Å²) in [5, 5.41) is 7.05. The van der Waals surface area contributed by atoms with Crippen molar-refractivity contribution in [3.63, 3.8) is 0 Å². The topological polar surface area (TPSA) is 115 Å². The molecule has 2 rings (SSSR count). The van der Waals surface area contributed by atoms with Gasteiger partial charge in [0.2, 0.25) is 0 Å². The number of nitrogens with one attached hydrogen (secondary N) is 3.